The van der Waals surface area contributed by atoms with Crippen LogP contribution in [0.2, 0.25) is 0 Å². The summed E-state index contributed by atoms with van der Waals surface area (Å²) in [6.07, 6.45) is 2.73. The van der Waals surface area contributed by atoms with Gasteiger partial charge in [-0.25, -0.2) is 4.39 Å². The summed E-state index contributed by atoms with van der Waals surface area (Å²) in [6, 6.07) is 2.81. The normalized spacial score (nSPS) is 16.8. The number of Topliss-reactive ketones (excluding diaryl/α,β-unsaturated/α-hetero) is 1. The van der Waals surface area contributed by atoms with Gasteiger partial charge >= 0.3 is 0 Å². The monoisotopic (exact) mass is 379 g/mol. The lowest BCUT2D eigenvalue weighted by molar-refractivity contribution is -0.135. The van der Waals surface area contributed by atoms with Crippen LogP contribution in [0.25, 0.3) is 0 Å². The number of carbonyl (C=O) groups excluding carboxylic acids is 4. The Morgan fingerprint density at radius 2 is 1.89 bits per heavy atom. The van der Waals surface area contributed by atoms with Crippen molar-refractivity contribution in [2.45, 2.75) is 60.8 Å². The Bertz CT molecular complexity index is 685. The van der Waals surface area contributed by atoms with Crippen LogP contribution < -0.4 is 5.32 Å². The summed E-state index contributed by atoms with van der Waals surface area (Å²) >= 11 is 0. The lowest BCUT2D eigenvalue weighted by Gasteiger charge is -2.15. The highest BCUT2D eigenvalue weighted by atomic mass is 19.1. The minimum absolute atomic E-state index is 0.0164. The molecule has 0 spiro atoms. The van der Waals surface area contributed by atoms with E-state index in [1.165, 1.54) is 19.1 Å². The standard InChI is InChI=1S/C13H17FO.C6H9NO2.C2H4O/c1-5-8(2)13(15)12-7-11(14)6-9(3)10(12)4;1-4-2-3-5(8)7-6(4)9;1-2-3/h6-8H,5H2,1-4H3;4H,2-3H2,1H3,(H,7,8,9);2H,1H3/t8-;;/m1../s1. The van der Waals surface area contributed by atoms with Crippen LogP contribution in [0.4, 0.5) is 4.39 Å². The minimum Gasteiger partial charge on any atom is -0.304 e. The number of hydrogen-bond acceptors (Lipinski definition) is 4. The van der Waals surface area contributed by atoms with Crippen molar-refractivity contribution in [3.05, 3.63) is 34.6 Å². The van der Waals surface area contributed by atoms with Gasteiger partial charge in [0, 0.05) is 23.8 Å². The lowest BCUT2D eigenvalue weighted by atomic mass is 9.92. The maximum absolute atomic E-state index is 13.2. The number of rotatable bonds is 3. The Balaban J connectivity index is 0.000000477. The first-order valence-electron chi connectivity index (χ1n) is 9.13. The molecule has 5 nitrogen and oxygen atoms in total. The summed E-state index contributed by atoms with van der Waals surface area (Å²) in [5, 5.41) is 2.25. The van der Waals surface area contributed by atoms with E-state index >= 15 is 0 Å². The van der Waals surface area contributed by atoms with Crippen molar-refractivity contribution < 1.29 is 23.6 Å². The van der Waals surface area contributed by atoms with Crippen molar-refractivity contribution in [2.24, 2.45) is 11.8 Å². The number of nitrogens with one attached hydrogen (secondary N) is 1. The molecule has 1 aliphatic rings. The number of ketones is 1. The highest BCUT2D eigenvalue weighted by Crippen LogP contribution is 2.20. The summed E-state index contributed by atoms with van der Waals surface area (Å²) in [7, 11) is 0. The van der Waals surface area contributed by atoms with Crippen molar-refractivity contribution in [1.82, 2.24) is 5.32 Å². The molecule has 1 aromatic rings. The van der Waals surface area contributed by atoms with Crippen LogP contribution in [-0.4, -0.2) is 23.9 Å². The molecule has 1 N–H and O–H groups in total. The van der Waals surface area contributed by atoms with Crippen molar-refractivity contribution in [3.8, 4) is 0 Å². The van der Waals surface area contributed by atoms with Gasteiger partial charge in [0.1, 0.15) is 12.1 Å². The van der Waals surface area contributed by atoms with Gasteiger partial charge in [0.2, 0.25) is 11.8 Å². The fourth-order valence-electron chi connectivity index (χ4n) is 2.32. The second kappa shape index (κ2) is 12.1. The van der Waals surface area contributed by atoms with Crippen LogP contribution in [-0.2, 0) is 14.4 Å². The summed E-state index contributed by atoms with van der Waals surface area (Å²) in [5.41, 5.74) is 2.25. The highest BCUT2D eigenvalue weighted by molar-refractivity contribution is 5.99. The molecular formula is C21H30FNO4. The SMILES string of the molecule is CC1CCC(=O)NC1=O.CC=O.CC[C@@H](C)C(=O)c1cc(F)cc(C)c1C. The number of amides is 2. The Hall–Kier alpha value is -2.37. The molecule has 27 heavy (non-hydrogen) atoms. The maximum Gasteiger partial charge on any atom is 0.229 e. The topological polar surface area (TPSA) is 80.3 Å². The first kappa shape index (κ1) is 24.6. The molecule has 150 valence electrons. The molecule has 0 aromatic heterocycles. The predicted octanol–water partition coefficient (Wildman–Crippen LogP) is 3.94. The minimum atomic E-state index is -0.329. The molecule has 0 aliphatic carbocycles. The number of carbonyl (C=O) groups is 4. The van der Waals surface area contributed by atoms with E-state index in [1.807, 2.05) is 34.6 Å². The van der Waals surface area contributed by atoms with Crippen LogP contribution >= 0.6 is 0 Å². The second-order valence-corrected chi connectivity index (χ2v) is 6.66. The summed E-state index contributed by atoms with van der Waals surface area (Å²) < 4.78 is 13.2. The third kappa shape index (κ3) is 8.24. The zero-order valence-corrected chi connectivity index (χ0v) is 17.0. The highest BCUT2D eigenvalue weighted by Gasteiger charge is 2.21. The summed E-state index contributed by atoms with van der Waals surface area (Å²) in [4.78, 5) is 41.9. The van der Waals surface area contributed by atoms with E-state index in [0.29, 0.717) is 18.4 Å². The van der Waals surface area contributed by atoms with Crippen LogP contribution in [0.15, 0.2) is 12.1 Å². The largest absolute Gasteiger partial charge is 0.304 e. The van der Waals surface area contributed by atoms with Crippen molar-refractivity contribution in [1.29, 1.82) is 0 Å². The van der Waals surface area contributed by atoms with Crippen LogP contribution in [0, 0.1) is 31.5 Å². The van der Waals surface area contributed by atoms with E-state index in [-0.39, 0.29) is 35.3 Å². The number of benzene rings is 1. The molecule has 0 bridgehead atoms. The molecule has 1 aromatic carbocycles. The predicted molar refractivity (Wildman–Crippen MR) is 103 cm³/mol. The van der Waals surface area contributed by atoms with E-state index in [1.54, 1.807) is 0 Å². The van der Waals surface area contributed by atoms with Gasteiger partial charge in [-0.1, -0.05) is 20.8 Å². The average Bonchev–Trinajstić information content (AvgIpc) is 2.61. The molecule has 1 unspecified atom stereocenters. The van der Waals surface area contributed by atoms with Gasteiger partial charge in [-0.15, -0.1) is 0 Å². The lowest BCUT2D eigenvalue weighted by Crippen LogP contribution is -2.39. The fourth-order valence-corrected chi connectivity index (χ4v) is 2.32. The van der Waals surface area contributed by atoms with Gasteiger partial charge in [0.15, 0.2) is 5.78 Å². The maximum atomic E-state index is 13.2. The van der Waals surface area contributed by atoms with Crippen molar-refractivity contribution in [3.63, 3.8) is 0 Å². The van der Waals surface area contributed by atoms with E-state index in [0.717, 1.165) is 23.8 Å². The Morgan fingerprint density at radius 3 is 2.33 bits per heavy atom. The van der Waals surface area contributed by atoms with E-state index in [2.05, 4.69) is 5.32 Å². The molecule has 1 aliphatic heterocycles. The Labute approximate surface area is 160 Å². The summed E-state index contributed by atoms with van der Waals surface area (Å²) in [6.45, 7) is 10.8. The Kier molecular flexibility index (Phi) is 11.0. The van der Waals surface area contributed by atoms with Gasteiger partial charge in [0.05, 0.1) is 0 Å². The first-order chi connectivity index (χ1) is 12.6. The second-order valence-electron chi connectivity index (χ2n) is 6.66. The molecule has 1 fully saturated rings. The smallest absolute Gasteiger partial charge is 0.229 e. The number of imide groups is 1. The third-order valence-corrected chi connectivity index (χ3v) is 4.47. The van der Waals surface area contributed by atoms with Gasteiger partial charge in [-0.05, 0) is 56.9 Å². The third-order valence-electron chi connectivity index (χ3n) is 4.47. The van der Waals surface area contributed by atoms with Crippen LogP contribution in [0.3, 0.4) is 0 Å². The zero-order valence-electron chi connectivity index (χ0n) is 17.0. The van der Waals surface area contributed by atoms with Gasteiger partial charge < -0.3 is 4.79 Å². The van der Waals surface area contributed by atoms with E-state index in [9.17, 15) is 18.8 Å². The molecule has 0 radical (unpaired) electrons. The zero-order chi connectivity index (χ0) is 21.1. The molecule has 1 saturated heterocycles. The number of halogens is 1. The van der Waals surface area contributed by atoms with Crippen LogP contribution in [0.5, 0.6) is 0 Å². The molecule has 1 heterocycles. The first-order valence-corrected chi connectivity index (χ1v) is 9.13. The Morgan fingerprint density at radius 1 is 1.33 bits per heavy atom. The molecular weight excluding hydrogens is 349 g/mol. The van der Waals surface area contributed by atoms with Crippen molar-refractivity contribution >= 4 is 23.9 Å². The molecule has 2 rings (SSSR count). The van der Waals surface area contributed by atoms with Crippen molar-refractivity contribution in [2.75, 3.05) is 0 Å². The quantitative estimate of drug-likeness (QED) is 0.490. The molecule has 6 heteroatoms. The number of piperidine rings is 1. The summed E-state index contributed by atoms with van der Waals surface area (Å²) in [5.74, 6) is -0.584. The average molecular weight is 379 g/mol. The molecule has 2 amide bonds. The fraction of sp³-hybridized carbons (Fsp3) is 0.524. The van der Waals surface area contributed by atoms with E-state index < -0.39 is 0 Å². The van der Waals surface area contributed by atoms with Gasteiger partial charge in [-0.3, -0.25) is 19.7 Å². The molecule has 2 atom stereocenters. The van der Waals surface area contributed by atoms with Crippen LogP contribution in [0.1, 0.15) is 68.4 Å². The van der Waals surface area contributed by atoms with E-state index in [4.69, 9.17) is 4.79 Å². The number of aryl methyl sites for hydroxylation is 1. The molecule has 0 saturated carbocycles. The number of hydrogen-bond donors (Lipinski definition) is 1. The van der Waals surface area contributed by atoms with Gasteiger partial charge in [0.25, 0.3) is 0 Å². The van der Waals surface area contributed by atoms with Gasteiger partial charge in [-0.2, -0.15) is 0 Å². The number of aldehydes is 1.